The van der Waals surface area contributed by atoms with Crippen molar-refractivity contribution in [3.63, 3.8) is 0 Å². The Labute approximate surface area is 114 Å². The minimum absolute atomic E-state index is 0.620. The van der Waals surface area contributed by atoms with Crippen molar-refractivity contribution >= 4 is 39.7 Å². The molecule has 0 unspecified atom stereocenters. The Morgan fingerprint density at radius 3 is 2.82 bits per heavy atom. The summed E-state index contributed by atoms with van der Waals surface area (Å²) in [5.41, 5.74) is 1.83. The van der Waals surface area contributed by atoms with Gasteiger partial charge in [-0.2, -0.15) is 0 Å². The number of hydrogen-bond acceptors (Lipinski definition) is 3. The zero-order chi connectivity index (χ0) is 11.8. The van der Waals surface area contributed by atoms with Crippen molar-refractivity contribution in [1.29, 1.82) is 0 Å². The summed E-state index contributed by atoms with van der Waals surface area (Å²) in [4.78, 5) is 4.53. The molecule has 1 aromatic carbocycles. The minimum atomic E-state index is 0.620. The topological polar surface area (TPSA) is 24.9 Å². The van der Waals surface area contributed by atoms with Gasteiger partial charge in [0.1, 0.15) is 0 Å². The molecule has 3 rings (SSSR count). The number of nitrogens with zero attached hydrogens (tertiary/aromatic N) is 1. The highest BCUT2D eigenvalue weighted by Crippen LogP contribution is 2.33. The van der Waals surface area contributed by atoms with Crippen LogP contribution in [0.5, 0.6) is 0 Å². The van der Waals surface area contributed by atoms with E-state index in [2.05, 4.69) is 10.3 Å². The van der Waals surface area contributed by atoms with Gasteiger partial charge in [-0.25, -0.2) is 4.98 Å². The highest BCUT2D eigenvalue weighted by Gasteiger charge is 2.22. The smallest absolute Gasteiger partial charge is 0.183 e. The lowest BCUT2D eigenvalue weighted by Crippen LogP contribution is -1.99. The predicted octanol–water partition coefficient (Wildman–Crippen LogP) is 4.69. The molecule has 0 amide bonds. The molecule has 0 spiro atoms. The van der Waals surface area contributed by atoms with Crippen molar-refractivity contribution < 1.29 is 0 Å². The van der Waals surface area contributed by atoms with Crippen LogP contribution in [0.2, 0.25) is 10.0 Å². The second-order valence-electron chi connectivity index (χ2n) is 4.08. The van der Waals surface area contributed by atoms with Gasteiger partial charge in [0.2, 0.25) is 0 Å². The lowest BCUT2D eigenvalue weighted by Gasteiger charge is -2.01. The molecular formula is C12H10Cl2N2S. The predicted molar refractivity (Wildman–Crippen MR) is 74.2 cm³/mol. The first-order valence-corrected chi connectivity index (χ1v) is 7.03. The fraction of sp³-hybridized carbons (Fsp3) is 0.250. The molecule has 1 N–H and O–H groups in total. The summed E-state index contributed by atoms with van der Waals surface area (Å²) < 4.78 is 0. The second kappa shape index (κ2) is 4.48. The number of anilines is 1. The summed E-state index contributed by atoms with van der Waals surface area (Å²) in [6, 6.07) is 6.09. The van der Waals surface area contributed by atoms with Crippen LogP contribution in [0.4, 0.5) is 5.13 Å². The van der Waals surface area contributed by atoms with Gasteiger partial charge in [-0.1, -0.05) is 23.2 Å². The highest BCUT2D eigenvalue weighted by atomic mass is 35.5. The van der Waals surface area contributed by atoms with E-state index in [9.17, 15) is 0 Å². The van der Waals surface area contributed by atoms with Crippen LogP contribution in [-0.2, 0) is 0 Å². The Morgan fingerprint density at radius 1 is 1.29 bits per heavy atom. The third kappa shape index (κ3) is 2.57. The standard InChI is InChI=1S/C12H10Cl2N2S/c13-7-1-4-9(10(14)5-7)11-6-17-12(16-11)15-8-2-3-8/h1,4-6,8H,2-3H2,(H,15,16). The Balaban J connectivity index is 1.89. The first-order chi connectivity index (χ1) is 8.22. The molecule has 1 aliphatic rings. The number of nitrogens with one attached hydrogen (secondary N) is 1. The largest absolute Gasteiger partial charge is 0.359 e. The van der Waals surface area contributed by atoms with E-state index >= 15 is 0 Å². The third-order valence-electron chi connectivity index (χ3n) is 2.62. The van der Waals surface area contributed by atoms with E-state index < -0.39 is 0 Å². The monoisotopic (exact) mass is 284 g/mol. The molecule has 0 aliphatic heterocycles. The minimum Gasteiger partial charge on any atom is -0.359 e. The lowest BCUT2D eigenvalue weighted by atomic mass is 10.2. The second-order valence-corrected chi connectivity index (χ2v) is 5.78. The van der Waals surface area contributed by atoms with Gasteiger partial charge >= 0.3 is 0 Å². The van der Waals surface area contributed by atoms with Gasteiger partial charge in [-0.05, 0) is 31.0 Å². The van der Waals surface area contributed by atoms with E-state index in [-0.39, 0.29) is 0 Å². The van der Waals surface area contributed by atoms with E-state index in [0.29, 0.717) is 16.1 Å². The van der Waals surface area contributed by atoms with Crippen LogP contribution in [-0.4, -0.2) is 11.0 Å². The molecule has 1 saturated carbocycles. The summed E-state index contributed by atoms with van der Waals surface area (Å²) in [7, 11) is 0. The number of rotatable bonds is 3. The van der Waals surface area contributed by atoms with Gasteiger partial charge in [0.25, 0.3) is 0 Å². The van der Waals surface area contributed by atoms with Gasteiger partial charge < -0.3 is 5.32 Å². The van der Waals surface area contributed by atoms with E-state index in [4.69, 9.17) is 23.2 Å². The molecular weight excluding hydrogens is 275 g/mol. The van der Waals surface area contributed by atoms with Crippen molar-refractivity contribution in [3.8, 4) is 11.3 Å². The molecule has 1 aromatic heterocycles. The average Bonchev–Trinajstić information content (AvgIpc) is 2.96. The van der Waals surface area contributed by atoms with Gasteiger partial charge in [0.05, 0.1) is 10.7 Å². The van der Waals surface area contributed by atoms with Crippen molar-refractivity contribution in [2.24, 2.45) is 0 Å². The fourth-order valence-electron chi connectivity index (χ4n) is 1.56. The maximum Gasteiger partial charge on any atom is 0.183 e. The Bertz CT molecular complexity index is 549. The van der Waals surface area contributed by atoms with Crippen LogP contribution < -0.4 is 5.32 Å². The number of benzene rings is 1. The average molecular weight is 285 g/mol. The molecule has 0 saturated heterocycles. The maximum atomic E-state index is 6.15. The molecule has 1 fully saturated rings. The van der Waals surface area contributed by atoms with Crippen LogP contribution in [0.1, 0.15) is 12.8 Å². The molecule has 2 nitrogen and oxygen atoms in total. The third-order valence-corrected chi connectivity index (χ3v) is 3.94. The molecule has 0 radical (unpaired) electrons. The van der Waals surface area contributed by atoms with Gasteiger partial charge in [0, 0.05) is 22.0 Å². The molecule has 1 aliphatic carbocycles. The molecule has 1 heterocycles. The zero-order valence-electron chi connectivity index (χ0n) is 8.91. The summed E-state index contributed by atoms with van der Waals surface area (Å²) in [5, 5.41) is 7.64. The Kier molecular flexibility index (Phi) is 2.99. The van der Waals surface area contributed by atoms with Gasteiger partial charge in [0.15, 0.2) is 5.13 Å². The molecule has 88 valence electrons. The van der Waals surface area contributed by atoms with E-state index in [1.54, 1.807) is 17.4 Å². The summed E-state index contributed by atoms with van der Waals surface area (Å²) in [6.45, 7) is 0. The summed E-state index contributed by atoms with van der Waals surface area (Å²) >= 11 is 13.6. The molecule has 0 bridgehead atoms. The molecule has 5 heteroatoms. The number of aromatic nitrogens is 1. The summed E-state index contributed by atoms with van der Waals surface area (Å²) in [6.07, 6.45) is 2.49. The van der Waals surface area contributed by atoms with Crippen molar-refractivity contribution in [3.05, 3.63) is 33.6 Å². The molecule has 0 atom stereocenters. The van der Waals surface area contributed by atoms with Crippen molar-refractivity contribution in [1.82, 2.24) is 4.98 Å². The Hall–Kier alpha value is -0.770. The highest BCUT2D eigenvalue weighted by molar-refractivity contribution is 7.14. The fourth-order valence-corrected chi connectivity index (χ4v) is 2.86. The maximum absolute atomic E-state index is 6.15. The van der Waals surface area contributed by atoms with Crippen molar-refractivity contribution in [2.45, 2.75) is 18.9 Å². The van der Waals surface area contributed by atoms with Gasteiger partial charge in [-0.3, -0.25) is 0 Å². The van der Waals surface area contributed by atoms with Crippen LogP contribution in [0.15, 0.2) is 23.6 Å². The molecule has 2 aromatic rings. The normalized spacial score (nSPS) is 14.9. The SMILES string of the molecule is Clc1ccc(-c2csc(NC3CC3)n2)c(Cl)c1. The lowest BCUT2D eigenvalue weighted by molar-refractivity contribution is 1.14. The van der Waals surface area contributed by atoms with Crippen LogP contribution in [0.3, 0.4) is 0 Å². The first kappa shape index (κ1) is 11.3. The van der Waals surface area contributed by atoms with E-state index in [1.165, 1.54) is 12.8 Å². The number of thiazole rings is 1. The summed E-state index contributed by atoms with van der Waals surface area (Å²) in [5.74, 6) is 0. The van der Waals surface area contributed by atoms with E-state index in [0.717, 1.165) is 16.4 Å². The van der Waals surface area contributed by atoms with Crippen LogP contribution in [0.25, 0.3) is 11.3 Å². The van der Waals surface area contributed by atoms with Crippen molar-refractivity contribution in [2.75, 3.05) is 5.32 Å². The zero-order valence-corrected chi connectivity index (χ0v) is 11.2. The quantitative estimate of drug-likeness (QED) is 0.884. The number of hydrogen-bond donors (Lipinski definition) is 1. The Morgan fingerprint density at radius 2 is 2.12 bits per heavy atom. The number of halogens is 2. The first-order valence-electron chi connectivity index (χ1n) is 5.40. The van der Waals surface area contributed by atoms with Gasteiger partial charge in [-0.15, -0.1) is 11.3 Å². The van der Waals surface area contributed by atoms with Crippen LogP contribution in [0, 0.1) is 0 Å². The van der Waals surface area contributed by atoms with E-state index in [1.807, 2.05) is 17.5 Å². The van der Waals surface area contributed by atoms with Crippen LogP contribution >= 0.6 is 34.5 Å². The molecule has 17 heavy (non-hydrogen) atoms.